The quantitative estimate of drug-likeness (QED) is 0.250. The Labute approximate surface area is 253 Å². The van der Waals surface area contributed by atoms with E-state index in [-0.39, 0.29) is 6.71 Å². The van der Waals surface area contributed by atoms with Gasteiger partial charge in [0.2, 0.25) is 6.71 Å². The number of pyridine rings is 1. The van der Waals surface area contributed by atoms with Crippen molar-refractivity contribution in [3.8, 4) is 11.9 Å². The van der Waals surface area contributed by atoms with Crippen LogP contribution in [0.5, 0.6) is 0 Å². The van der Waals surface area contributed by atoms with Crippen molar-refractivity contribution in [2.24, 2.45) is 0 Å². The number of nitriles is 1. The van der Waals surface area contributed by atoms with E-state index in [0.717, 1.165) is 39.9 Å². The van der Waals surface area contributed by atoms with Crippen molar-refractivity contribution < 1.29 is 0 Å². The number of benzene rings is 4. The Hall–Kier alpha value is -5.28. The SMILES string of the molecule is CC1=C(C)N(c2cccc(B(c3ccccc3)c3ccc4c5cc(C#N)ccc5n(-c5cc(C)ccn5)c4c3)c2)CN1C. The van der Waals surface area contributed by atoms with Crippen molar-refractivity contribution in [1.82, 2.24) is 14.5 Å². The lowest BCUT2D eigenvalue weighted by Gasteiger charge is -2.23. The van der Waals surface area contributed by atoms with Crippen LogP contribution in [0, 0.1) is 18.3 Å². The lowest BCUT2D eigenvalue weighted by molar-refractivity contribution is 0.460. The van der Waals surface area contributed by atoms with Gasteiger partial charge in [0.05, 0.1) is 29.3 Å². The molecule has 0 bridgehead atoms. The van der Waals surface area contributed by atoms with E-state index in [4.69, 9.17) is 4.98 Å². The summed E-state index contributed by atoms with van der Waals surface area (Å²) in [6.07, 6.45) is 1.86. The highest BCUT2D eigenvalue weighted by atomic mass is 15.4. The van der Waals surface area contributed by atoms with Crippen LogP contribution in [0.3, 0.4) is 0 Å². The highest BCUT2D eigenvalue weighted by molar-refractivity contribution is 6.95. The van der Waals surface area contributed by atoms with Crippen LogP contribution in [0.15, 0.2) is 121 Å². The third kappa shape index (κ3) is 4.54. The minimum atomic E-state index is 0.0304. The molecule has 4 aromatic carbocycles. The summed E-state index contributed by atoms with van der Waals surface area (Å²) in [4.78, 5) is 9.45. The van der Waals surface area contributed by atoms with Crippen LogP contribution >= 0.6 is 0 Å². The summed E-state index contributed by atoms with van der Waals surface area (Å²) in [7, 11) is 2.15. The van der Waals surface area contributed by atoms with E-state index in [0.29, 0.717) is 5.56 Å². The molecule has 5 nitrogen and oxygen atoms in total. The smallest absolute Gasteiger partial charge is 0.241 e. The normalized spacial score (nSPS) is 13.3. The maximum Gasteiger partial charge on any atom is 0.241 e. The summed E-state index contributed by atoms with van der Waals surface area (Å²) >= 11 is 0. The molecule has 0 aliphatic carbocycles. The zero-order valence-electron chi connectivity index (χ0n) is 24.9. The fourth-order valence-electron chi connectivity index (χ4n) is 6.44. The van der Waals surface area contributed by atoms with Crippen molar-refractivity contribution >= 4 is 50.6 Å². The van der Waals surface area contributed by atoms with Gasteiger partial charge in [0.25, 0.3) is 0 Å². The van der Waals surface area contributed by atoms with Gasteiger partial charge < -0.3 is 9.80 Å². The van der Waals surface area contributed by atoms with Gasteiger partial charge in [-0.25, -0.2) is 4.98 Å². The maximum absolute atomic E-state index is 9.67. The summed E-state index contributed by atoms with van der Waals surface area (Å²) in [5.74, 6) is 0.871. The summed E-state index contributed by atoms with van der Waals surface area (Å²) in [5.41, 5.74) is 11.4. The molecule has 0 spiro atoms. The van der Waals surface area contributed by atoms with Crippen molar-refractivity contribution in [1.29, 1.82) is 5.26 Å². The second-order valence-corrected chi connectivity index (χ2v) is 11.5. The molecule has 1 aliphatic heterocycles. The molecule has 208 valence electrons. The summed E-state index contributed by atoms with van der Waals surface area (Å²) in [5, 5.41) is 11.8. The maximum atomic E-state index is 9.67. The Bertz CT molecular complexity index is 2090. The number of allylic oxidation sites excluding steroid dienone is 2. The van der Waals surface area contributed by atoms with Gasteiger partial charge in [0.1, 0.15) is 5.82 Å². The average Bonchev–Trinajstić information content (AvgIpc) is 3.49. The largest absolute Gasteiger partial charge is 0.359 e. The van der Waals surface area contributed by atoms with E-state index in [9.17, 15) is 5.26 Å². The number of anilines is 1. The predicted molar refractivity (Wildman–Crippen MR) is 179 cm³/mol. The lowest BCUT2D eigenvalue weighted by atomic mass is 9.37. The van der Waals surface area contributed by atoms with Gasteiger partial charge in [-0.2, -0.15) is 5.26 Å². The van der Waals surface area contributed by atoms with Crippen molar-refractivity contribution in [2.45, 2.75) is 20.8 Å². The lowest BCUT2D eigenvalue weighted by Crippen LogP contribution is -2.52. The van der Waals surface area contributed by atoms with Crippen LogP contribution in [-0.2, 0) is 0 Å². The van der Waals surface area contributed by atoms with Crippen LogP contribution in [0.4, 0.5) is 5.69 Å². The van der Waals surface area contributed by atoms with E-state index in [2.05, 4.69) is 127 Å². The molecule has 0 unspecified atom stereocenters. The van der Waals surface area contributed by atoms with Gasteiger partial charge in [-0.05, 0) is 74.9 Å². The number of hydrogen-bond acceptors (Lipinski definition) is 4. The Morgan fingerprint density at radius 1 is 0.721 bits per heavy atom. The second kappa shape index (κ2) is 10.5. The second-order valence-electron chi connectivity index (χ2n) is 11.5. The monoisotopic (exact) mass is 557 g/mol. The Kier molecular flexibility index (Phi) is 6.52. The number of nitrogens with zero attached hydrogens (tertiary/aromatic N) is 5. The molecular formula is C37H32BN5. The molecule has 1 aliphatic rings. The topological polar surface area (TPSA) is 48.1 Å². The molecule has 3 heterocycles. The molecule has 0 saturated carbocycles. The van der Waals surface area contributed by atoms with Crippen LogP contribution < -0.4 is 21.3 Å². The van der Waals surface area contributed by atoms with E-state index < -0.39 is 0 Å². The zero-order valence-corrected chi connectivity index (χ0v) is 24.9. The molecule has 6 heteroatoms. The van der Waals surface area contributed by atoms with Gasteiger partial charge in [0.15, 0.2) is 0 Å². The fourth-order valence-corrected chi connectivity index (χ4v) is 6.44. The zero-order chi connectivity index (χ0) is 29.7. The fraction of sp³-hybridized carbons (Fsp3) is 0.135. The highest BCUT2D eigenvalue weighted by Crippen LogP contribution is 2.32. The number of aryl methyl sites for hydroxylation is 1. The van der Waals surface area contributed by atoms with E-state index in [1.807, 2.05) is 30.5 Å². The first kappa shape index (κ1) is 26.6. The third-order valence-corrected chi connectivity index (χ3v) is 8.89. The van der Waals surface area contributed by atoms with Gasteiger partial charge in [-0.1, -0.05) is 71.0 Å². The first-order valence-electron chi connectivity index (χ1n) is 14.7. The highest BCUT2D eigenvalue weighted by Gasteiger charge is 2.26. The van der Waals surface area contributed by atoms with Crippen LogP contribution in [-0.4, -0.2) is 34.9 Å². The van der Waals surface area contributed by atoms with Gasteiger partial charge in [-0.3, -0.25) is 4.57 Å². The van der Waals surface area contributed by atoms with Gasteiger partial charge in [-0.15, -0.1) is 0 Å². The molecule has 0 atom stereocenters. The van der Waals surface area contributed by atoms with Crippen LogP contribution in [0.2, 0.25) is 0 Å². The Morgan fingerprint density at radius 2 is 1.51 bits per heavy atom. The molecular weight excluding hydrogens is 525 g/mol. The van der Waals surface area contributed by atoms with Gasteiger partial charge >= 0.3 is 0 Å². The molecule has 0 radical (unpaired) electrons. The molecule has 43 heavy (non-hydrogen) atoms. The molecule has 0 N–H and O–H groups in total. The summed E-state index contributed by atoms with van der Waals surface area (Å²) in [6, 6.07) is 38.9. The number of fused-ring (bicyclic) bond motifs is 3. The van der Waals surface area contributed by atoms with Gasteiger partial charge in [0, 0.05) is 41.1 Å². The van der Waals surface area contributed by atoms with Crippen molar-refractivity contribution in [3.05, 3.63) is 132 Å². The van der Waals surface area contributed by atoms with Crippen LogP contribution in [0.25, 0.3) is 27.6 Å². The molecule has 7 rings (SSSR count). The van der Waals surface area contributed by atoms with E-state index >= 15 is 0 Å². The summed E-state index contributed by atoms with van der Waals surface area (Å²) in [6.45, 7) is 7.35. The van der Waals surface area contributed by atoms with Crippen molar-refractivity contribution in [3.63, 3.8) is 0 Å². The first-order chi connectivity index (χ1) is 20.9. The minimum absolute atomic E-state index is 0.0304. The number of rotatable bonds is 5. The Morgan fingerprint density at radius 3 is 2.26 bits per heavy atom. The Balaban J connectivity index is 1.45. The minimum Gasteiger partial charge on any atom is -0.359 e. The van der Waals surface area contributed by atoms with Crippen molar-refractivity contribution in [2.75, 3.05) is 18.6 Å². The van der Waals surface area contributed by atoms with E-state index in [1.54, 1.807) is 0 Å². The molecule has 2 aromatic heterocycles. The standard InChI is InChI=1S/C37H32BN5/c1-25-17-18-40-37(19-25)43-35-16-13-28(23-39)20-34(35)33-15-14-31(22-36(33)43)38(29-9-6-5-7-10-29)30-11-8-12-32(21-30)42-24-41(4)26(2)27(42)3/h5-22H,24H2,1-4H3. The molecule has 0 amide bonds. The molecule has 0 saturated heterocycles. The van der Waals surface area contributed by atoms with E-state index in [1.165, 1.54) is 33.5 Å². The first-order valence-corrected chi connectivity index (χ1v) is 14.7. The third-order valence-electron chi connectivity index (χ3n) is 8.89. The molecule has 0 fully saturated rings. The number of hydrogen-bond donors (Lipinski definition) is 0. The average molecular weight is 558 g/mol. The predicted octanol–water partition coefficient (Wildman–Crippen LogP) is 5.84. The van der Waals surface area contributed by atoms with Crippen LogP contribution in [0.1, 0.15) is 25.0 Å². The summed E-state index contributed by atoms with van der Waals surface area (Å²) < 4.78 is 2.23. The molecule has 6 aromatic rings. The number of aromatic nitrogens is 2.